The molecule has 0 radical (unpaired) electrons. The number of aromatic nitrogens is 2. The van der Waals surface area contributed by atoms with Crippen LogP contribution in [-0.2, 0) is 9.84 Å². The average molecular weight is 349 g/mol. The predicted octanol–water partition coefficient (Wildman–Crippen LogP) is 1.81. The number of aryl methyl sites for hydroxylation is 1. The number of methoxy groups -OCH3 is 1. The van der Waals surface area contributed by atoms with Crippen LogP contribution in [0.2, 0.25) is 0 Å². The molecule has 1 saturated heterocycles. The number of carbonyl (C=O) groups is 1. The maximum atomic E-state index is 12.4. The highest BCUT2D eigenvalue weighted by atomic mass is 32.2. The Morgan fingerprint density at radius 1 is 1.33 bits per heavy atom. The van der Waals surface area contributed by atoms with E-state index in [9.17, 15) is 13.2 Å². The van der Waals surface area contributed by atoms with Gasteiger partial charge in [-0.15, -0.1) is 0 Å². The van der Waals surface area contributed by atoms with Crippen LogP contribution in [0.15, 0.2) is 30.3 Å². The Morgan fingerprint density at radius 3 is 2.62 bits per heavy atom. The summed E-state index contributed by atoms with van der Waals surface area (Å²) in [5.74, 6) is 1.11. The molecule has 1 aliphatic rings. The zero-order valence-corrected chi connectivity index (χ0v) is 14.3. The fourth-order valence-corrected chi connectivity index (χ4v) is 4.48. The molecule has 3 rings (SSSR count). The SMILES string of the molecule is COc1ccc(C(=O)Nc2cc(C)nn2[C@@H]2CCS(=O)(=O)C2)cc1. The highest BCUT2D eigenvalue weighted by Crippen LogP contribution is 2.27. The first-order chi connectivity index (χ1) is 11.4. The van der Waals surface area contributed by atoms with Crippen molar-refractivity contribution in [2.45, 2.75) is 19.4 Å². The van der Waals surface area contributed by atoms with Crippen molar-refractivity contribution in [3.05, 3.63) is 41.6 Å². The molecule has 2 heterocycles. The summed E-state index contributed by atoms with van der Waals surface area (Å²) in [6.45, 7) is 1.81. The van der Waals surface area contributed by atoms with Gasteiger partial charge < -0.3 is 10.1 Å². The van der Waals surface area contributed by atoms with Crippen molar-refractivity contribution in [2.24, 2.45) is 0 Å². The van der Waals surface area contributed by atoms with E-state index in [1.165, 1.54) is 0 Å². The number of sulfone groups is 1. The monoisotopic (exact) mass is 349 g/mol. The summed E-state index contributed by atoms with van der Waals surface area (Å²) in [5.41, 5.74) is 1.21. The third-order valence-electron chi connectivity index (χ3n) is 4.01. The minimum atomic E-state index is -3.03. The number of nitrogens with one attached hydrogen (secondary N) is 1. The summed E-state index contributed by atoms with van der Waals surface area (Å²) in [7, 11) is -1.47. The highest BCUT2D eigenvalue weighted by molar-refractivity contribution is 7.91. The molecule has 0 aliphatic carbocycles. The van der Waals surface area contributed by atoms with E-state index in [0.717, 1.165) is 5.69 Å². The topological polar surface area (TPSA) is 90.3 Å². The molecule has 0 saturated carbocycles. The molecule has 2 aromatic rings. The van der Waals surface area contributed by atoms with E-state index in [0.29, 0.717) is 23.6 Å². The smallest absolute Gasteiger partial charge is 0.256 e. The lowest BCUT2D eigenvalue weighted by Gasteiger charge is -2.14. The fourth-order valence-electron chi connectivity index (χ4n) is 2.79. The van der Waals surface area contributed by atoms with Crippen molar-refractivity contribution < 1.29 is 17.9 Å². The van der Waals surface area contributed by atoms with Crippen LogP contribution in [0, 0.1) is 6.92 Å². The lowest BCUT2D eigenvalue weighted by Crippen LogP contribution is -2.19. The fraction of sp³-hybridized carbons (Fsp3) is 0.375. The van der Waals surface area contributed by atoms with Gasteiger partial charge in [0.1, 0.15) is 11.6 Å². The molecule has 0 bridgehead atoms. The summed E-state index contributed by atoms with van der Waals surface area (Å²) in [6.07, 6.45) is 0.509. The van der Waals surface area contributed by atoms with E-state index < -0.39 is 9.84 Å². The zero-order chi connectivity index (χ0) is 17.3. The molecule has 1 atom stereocenters. The van der Waals surface area contributed by atoms with E-state index >= 15 is 0 Å². The molecular weight excluding hydrogens is 330 g/mol. The van der Waals surface area contributed by atoms with Crippen LogP contribution in [0.1, 0.15) is 28.5 Å². The Morgan fingerprint density at radius 2 is 2.04 bits per heavy atom. The quantitative estimate of drug-likeness (QED) is 0.909. The second kappa shape index (κ2) is 6.27. The van der Waals surface area contributed by atoms with Crippen molar-refractivity contribution in [2.75, 3.05) is 23.9 Å². The number of rotatable bonds is 4. The molecular formula is C16H19N3O4S. The molecule has 1 aromatic heterocycles. The number of benzene rings is 1. The van der Waals surface area contributed by atoms with E-state index in [1.807, 2.05) is 6.92 Å². The van der Waals surface area contributed by atoms with E-state index in [1.54, 1.807) is 42.1 Å². The number of nitrogens with zero attached hydrogens (tertiary/aromatic N) is 2. The number of hydrogen-bond acceptors (Lipinski definition) is 5. The van der Waals surface area contributed by atoms with Gasteiger partial charge in [-0.3, -0.25) is 4.79 Å². The van der Waals surface area contributed by atoms with Crippen molar-refractivity contribution in [1.82, 2.24) is 9.78 Å². The van der Waals surface area contributed by atoms with E-state index in [2.05, 4.69) is 10.4 Å². The minimum absolute atomic E-state index is 0.0551. The summed E-state index contributed by atoms with van der Waals surface area (Å²) >= 11 is 0. The molecule has 1 amide bonds. The first kappa shape index (κ1) is 16.5. The molecule has 128 valence electrons. The third-order valence-corrected chi connectivity index (χ3v) is 5.76. The van der Waals surface area contributed by atoms with Gasteiger partial charge in [-0.25, -0.2) is 13.1 Å². The van der Waals surface area contributed by atoms with Gasteiger partial charge in [0.15, 0.2) is 9.84 Å². The molecule has 1 aromatic carbocycles. The van der Waals surface area contributed by atoms with Crippen molar-refractivity contribution in [1.29, 1.82) is 0 Å². The largest absolute Gasteiger partial charge is 0.497 e. The van der Waals surface area contributed by atoms with Gasteiger partial charge in [0, 0.05) is 11.6 Å². The first-order valence-corrected chi connectivity index (χ1v) is 9.42. The van der Waals surface area contributed by atoms with E-state index in [4.69, 9.17) is 4.74 Å². The van der Waals surface area contributed by atoms with Crippen LogP contribution in [0.3, 0.4) is 0 Å². The van der Waals surface area contributed by atoms with Crippen LogP contribution in [-0.4, -0.2) is 42.7 Å². The molecule has 7 nitrogen and oxygen atoms in total. The summed E-state index contributed by atoms with van der Waals surface area (Å²) in [6, 6.07) is 8.26. The second-order valence-electron chi connectivity index (χ2n) is 5.86. The summed E-state index contributed by atoms with van der Waals surface area (Å²) in [4.78, 5) is 12.4. The van der Waals surface area contributed by atoms with Crippen LogP contribution in [0.25, 0.3) is 0 Å². The maximum Gasteiger partial charge on any atom is 0.256 e. The van der Waals surface area contributed by atoms with Crippen LogP contribution in [0.5, 0.6) is 5.75 Å². The Bertz CT molecular complexity index is 856. The number of amides is 1. The first-order valence-electron chi connectivity index (χ1n) is 7.60. The number of carbonyl (C=O) groups excluding carboxylic acids is 1. The predicted molar refractivity (Wildman–Crippen MR) is 90.2 cm³/mol. The molecule has 1 aliphatic heterocycles. The van der Waals surface area contributed by atoms with Crippen molar-refractivity contribution in [3.63, 3.8) is 0 Å². The molecule has 0 spiro atoms. The normalized spacial score (nSPS) is 19.2. The van der Waals surface area contributed by atoms with Gasteiger partial charge in [0.25, 0.3) is 5.91 Å². The Balaban J connectivity index is 1.81. The lowest BCUT2D eigenvalue weighted by atomic mass is 10.2. The summed E-state index contributed by atoms with van der Waals surface area (Å²) < 4.78 is 30.1. The Hall–Kier alpha value is -2.35. The Labute approximate surface area is 140 Å². The molecule has 0 unspecified atom stereocenters. The van der Waals surface area contributed by atoms with Gasteiger partial charge in [0.2, 0.25) is 0 Å². The van der Waals surface area contributed by atoms with Gasteiger partial charge >= 0.3 is 0 Å². The number of ether oxygens (including phenoxy) is 1. The standard InChI is InChI=1S/C16H19N3O4S/c1-11-9-15(19(18-11)13-7-8-24(21,22)10-13)17-16(20)12-3-5-14(23-2)6-4-12/h3-6,9,13H,7-8,10H2,1-2H3,(H,17,20)/t13-/m1/s1. The lowest BCUT2D eigenvalue weighted by molar-refractivity contribution is 0.102. The second-order valence-corrected chi connectivity index (χ2v) is 8.08. The zero-order valence-electron chi connectivity index (χ0n) is 13.5. The van der Waals surface area contributed by atoms with Crippen LogP contribution in [0.4, 0.5) is 5.82 Å². The summed E-state index contributed by atoms with van der Waals surface area (Å²) in [5, 5.41) is 7.17. The Kier molecular flexibility index (Phi) is 4.31. The average Bonchev–Trinajstić information content (AvgIpc) is 3.09. The van der Waals surface area contributed by atoms with Gasteiger partial charge in [-0.05, 0) is 37.6 Å². The van der Waals surface area contributed by atoms with Gasteiger partial charge in [0.05, 0.1) is 30.4 Å². The van der Waals surface area contributed by atoms with Gasteiger partial charge in [-0.2, -0.15) is 5.10 Å². The van der Waals surface area contributed by atoms with Gasteiger partial charge in [-0.1, -0.05) is 0 Å². The molecule has 1 fully saturated rings. The molecule has 1 N–H and O–H groups in total. The van der Waals surface area contributed by atoms with Crippen molar-refractivity contribution in [3.8, 4) is 5.75 Å². The van der Waals surface area contributed by atoms with E-state index in [-0.39, 0.29) is 23.5 Å². The third kappa shape index (κ3) is 3.43. The van der Waals surface area contributed by atoms with Crippen molar-refractivity contribution >= 4 is 21.6 Å². The number of anilines is 1. The minimum Gasteiger partial charge on any atom is -0.497 e. The molecule has 8 heteroatoms. The molecule has 24 heavy (non-hydrogen) atoms. The van der Waals surface area contributed by atoms with Crippen LogP contribution >= 0.6 is 0 Å². The maximum absolute atomic E-state index is 12.4. The highest BCUT2D eigenvalue weighted by Gasteiger charge is 2.31. The number of hydrogen-bond donors (Lipinski definition) is 1. The van der Waals surface area contributed by atoms with Crippen LogP contribution < -0.4 is 10.1 Å².